The summed E-state index contributed by atoms with van der Waals surface area (Å²) in [7, 11) is 1.59. The molecule has 0 bridgehead atoms. The third kappa shape index (κ3) is 4.15. The maximum Gasteiger partial charge on any atom is 0.293 e. The Labute approximate surface area is 178 Å². The van der Waals surface area contributed by atoms with Crippen LogP contribution in [0.15, 0.2) is 29.2 Å². The minimum Gasteiger partial charge on any atom is -0.385 e. The van der Waals surface area contributed by atoms with Crippen LogP contribution in [0.4, 0.5) is 4.79 Å². The molecule has 2 heterocycles. The molecule has 0 spiro atoms. The summed E-state index contributed by atoms with van der Waals surface area (Å²) in [6.45, 7) is 4.76. The highest BCUT2D eigenvalue weighted by Crippen LogP contribution is 2.35. The van der Waals surface area contributed by atoms with Gasteiger partial charge in [0.25, 0.3) is 11.1 Å². The Hall–Kier alpha value is -1.73. The molecule has 148 valence electrons. The first-order valence-corrected chi connectivity index (χ1v) is 10.3. The van der Waals surface area contributed by atoms with Gasteiger partial charge in [0.1, 0.15) is 0 Å². The first-order valence-electron chi connectivity index (χ1n) is 8.72. The number of carbonyl (C=O) groups is 2. The predicted molar refractivity (Wildman–Crippen MR) is 114 cm³/mol. The van der Waals surface area contributed by atoms with E-state index in [1.54, 1.807) is 31.4 Å². The summed E-state index contributed by atoms with van der Waals surface area (Å²) in [5.74, 6) is -0.267. The Balaban J connectivity index is 1.93. The minimum atomic E-state index is -0.267. The number of amides is 2. The smallest absolute Gasteiger partial charge is 0.293 e. The minimum absolute atomic E-state index is 0.251. The van der Waals surface area contributed by atoms with Crippen molar-refractivity contribution in [1.82, 2.24) is 9.47 Å². The highest BCUT2D eigenvalue weighted by atomic mass is 35.5. The Morgan fingerprint density at radius 1 is 1.18 bits per heavy atom. The summed E-state index contributed by atoms with van der Waals surface area (Å²) >= 11 is 13.5. The fraction of sp³-hybridized carbons (Fsp3) is 0.300. The van der Waals surface area contributed by atoms with Crippen LogP contribution in [0.2, 0.25) is 10.0 Å². The third-order valence-corrected chi connectivity index (χ3v) is 5.97. The number of aryl methyl sites for hydroxylation is 1. The number of halogens is 2. The molecule has 0 N–H and O–H groups in total. The van der Waals surface area contributed by atoms with Crippen molar-refractivity contribution in [2.45, 2.75) is 20.3 Å². The molecule has 2 aromatic rings. The van der Waals surface area contributed by atoms with Crippen LogP contribution in [-0.4, -0.2) is 40.9 Å². The van der Waals surface area contributed by atoms with Crippen molar-refractivity contribution in [3.8, 4) is 5.69 Å². The summed E-state index contributed by atoms with van der Waals surface area (Å²) < 4.78 is 6.98. The van der Waals surface area contributed by atoms with Crippen molar-refractivity contribution >= 4 is 52.2 Å². The van der Waals surface area contributed by atoms with Gasteiger partial charge < -0.3 is 9.30 Å². The number of aromatic nitrogens is 1. The number of hydrogen-bond donors (Lipinski definition) is 0. The summed E-state index contributed by atoms with van der Waals surface area (Å²) in [4.78, 5) is 26.5. The van der Waals surface area contributed by atoms with Crippen molar-refractivity contribution in [2.24, 2.45) is 0 Å². The van der Waals surface area contributed by atoms with Crippen molar-refractivity contribution < 1.29 is 14.3 Å². The van der Waals surface area contributed by atoms with E-state index < -0.39 is 0 Å². The molecule has 3 rings (SSSR count). The Bertz CT molecular complexity index is 969. The van der Waals surface area contributed by atoms with E-state index in [9.17, 15) is 9.59 Å². The number of carbonyl (C=O) groups excluding carboxylic acids is 2. The summed E-state index contributed by atoms with van der Waals surface area (Å²) in [6.07, 6.45) is 2.38. The molecular weight excluding hydrogens is 419 g/mol. The average Bonchev–Trinajstić information content (AvgIpc) is 3.07. The zero-order chi connectivity index (χ0) is 20.4. The number of ether oxygens (including phenoxy) is 1. The van der Waals surface area contributed by atoms with Gasteiger partial charge in [-0.15, -0.1) is 0 Å². The van der Waals surface area contributed by atoms with Crippen LogP contribution in [0, 0.1) is 13.8 Å². The van der Waals surface area contributed by atoms with Gasteiger partial charge in [-0.2, -0.15) is 0 Å². The van der Waals surface area contributed by atoms with E-state index in [4.69, 9.17) is 27.9 Å². The van der Waals surface area contributed by atoms with Crippen LogP contribution < -0.4 is 0 Å². The molecule has 0 atom stereocenters. The molecule has 0 unspecified atom stereocenters. The van der Waals surface area contributed by atoms with Crippen LogP contribution in [0.3, 0.4) is 0 Å². The predicted octanol–water partition coefficient (Wildman–Crippen LogP) is 5.47. The summed E-state index contributed by atoms with van der Waals surface area (Å²) in [5, 5.41) is 0.917. The summed E-state index contributed by atoms with van der Waals surface area (Å²) in [6, 6.07) is 7.26. The lowest BCUT2D eigenvalue weighted by atomic mass is 10.2. The normalized spacial score (nSPS) is 15.9. The molecule has 1 aliphatic heterocycles. The molecule has 8 heteroatoms. The van der Waals surface area contributed by atoms with Gasteiger partial charge in [0, 0.05) is 36.7 Å². The largest absolute Gasteiger partial charge is 0.385 e. The molecule has 1 fully saturated rings. The molecule has 1 saturated heterocycles. The molecule has 1 aromatic heterocycles. The van der Waals surface area contributed by atoms with Crippen LogP contribution in [-0.2, 0) is 9.53 Å². The molecule has 0 radical (unpaired) electrons. The van der Waals surface area contributed by atoms with Crippen LogP contribution in [0.1, 0.15) is 23.4 Å². The second-order valence-corrected chi connectivity index (χ2v) is 8.27. The van der Waals surface area contributed by atoms with Gasteiger partial charge in [0.15, 0.2) is 0 Å². The maximum absolute atomic E-state index is 12.6. The van der Waals surface area contributed by atoms with E-state index in [-0.39, 0.29) is 11.1 Å². The van der Waals surface area contributed by atoms with E-state index >= 15 is 0 Å². The van der Waals surface area contributed by atoms with Gasteiger partial charge in [-0.05, 0) is 67.9 Å². The Morgan fingerprint density at radius 2 is 1.93 bits per heavy atom. The number of methoxy groups -OCH3 is 1. The van der Waals surface area contributed by atoms with E-state index in [0.29, 0.717) is 34.5 Å². The number of thioether (sulfide) groups is 1. The second kappa shape index (κ2) is 8.74. The van der Waals surface area contributed by atoms with E-state index in [2.05, 4.69) is 0 Å². The average molecular weight is 439 g/mol. The van der Waals surface area contributed by atoms with Gasteiger partial charge >= 0.3 is 0 Å². The number of benzene rings is 1. The quantitative estimate of drug-likeness (QED) is 0.442. The number of nitrogens with zero attached hydrogens (tertiary/aromatic N) is 2. The van der Waals surface area contributed by atoms with Crippen LogP contribution in [0.5, 0.6) is 0 Å². The molecule has 28 heavy (non-hydrogen) atoms. The number of imide groups is 1. The molecule has 1 aromatic carbocycles. The van der Waals surface area contributed by atoms with Crippen molar-refractivity contribution in [3.63, 3.8) is 0 Å². The zero-order valence-corrected chi connectivity index (χ0v) is 18.1. The molecule has 5 nitrogen and oxygen atoms in total. The standard InChI is InChI=1S/C20H20Cl2N2O3S/c1-12-9-14(13(2)24(12)17-11-15(21)5-6-16(17)22)10-18-19(25)23(20(26)28-18)7-4-8-27-3/h5-6,9-11H,4,7-8H2,1-3H3/b18-10+. The van der Waals surface area contributed by atoms with Gasteiger partial charge in [0.05, 0.1) is 15.6 Å². The molecule has 1 aliphatic rings. The highest BCUT2D eigenvalue weighted by molar-refractivity contribution is 8.18. The highest BCUT2D eigenvalue weighted by Gasteiger charge is 2.34. The molecule has 2 amide bonds. The van der Waals surface area contributed by atoms with Crippen molar-refractivity contribution in [3.05, 3.63) is 56.2 Å². The van der Waals surface area contributed by atoms with Gasteiger partial charge in [-0.3, -0.25) is 14.5 Å². The topological polar surface area (TPSA) is 51.5 Å². The van der Waals surface area contributed by atoms with E-state index in [0.717, 1.165) is 34.4 Å². The van der Waals surface area contributed by atoms with Crippen molar-refractivity contribution in [1.29, 1.82) is 0 Å². The SMILES string of the molecule is COCCCN1C(=O)S/C(=C/c2cc(C)n(-c3cc(Cl)ccc3Cl)c2C)C1=O. The maximum atomic E-state index is 12.6. The zero-order valence-electron chi connectivity index (χ0n) is 15.8. The lowest BCUT2D eigenvalue weighted by Gasteiger charge is -2.12. The Morgan fingerprint density at radius 3 is 2.64 bits per heavy atom. The molecule has 0 aliphatic carbocycles. The Kier molecular flexibility index (Phi) is 6.55. The third-order valence-electron chi connectivity index (χ3n) is 4.51. The lowest BCUT2D eigenvalue weighted by Crippen LogP contribution is -2.29. The first-order chi connectivity index (χ1) is 13.3. The first kappa shape index (κ1) is 21.0. The van der Waals surface area contributed by atoms with E-state index in [1.807, 2.05) is 24.5 Å². The van der Waals surface area contributed by atoms with Gasteiger partial charge in [-0.1, -0.05) is 23.2 Å². The lowest BCUT2D eigenvalue weighted by molar-refractivity contribution is -0.122. The second-order valence-electron chi connectivity index (χ2n) is 6.44. The van der Waals surface area contributed by atoms with Crippen LogP contribution >= 0.6 is 35.0 Å². The van der Waals surface area contributed by atoms with Crippen LogP contribution in [0.25, 0.3) is 11.8 Å². The summed E-state index contributed by atoms with van der Waals surface area (Å²) in [5.41, 5.74) is 3.49. The van der Waals surface area contributed by atoms with Crippen molar-refractivity contribution in [2.75, 3.05) is 20.3 Å². The fourth-order valence-electron chi connectivity index (χ4n) is 3.16. The molecule has 0 saturated carbocycles. The fourth-order valence-corrected chi connectivity index (χ4v) is 4.39. The number of rotatable bonds is 6. The van der Waals surface area contributed by atoms with E-state index in [1.165, 1.54) is 4.90 Å². The monoisotopic (exact) mass is 438 g/mol. The number of hydrogen-bond acceptors (Lipinski definition) is 4. The van der Waals surface area contributed by atoms with Gasteiger partial charge in [0.2, 0.25) is 0 Å². The molecular formula is C20H20Cl2N2O3S. The van der Waals surface area contributed by atoms with Gasteiger partial charge in [-0.25, -0.2) is 0 Å².